The molecule has 0 radical (unpaired) electrons. The molecular weight excluding hydrogens is 320 g/mol. The molecule has 1 heterocycles. The van der Waals surface area contributed by atoms with Crippen molar-refractivity contribution in [1.29, 1.82) is 0 Å². The lowest BCUT2D eigenvalue weighted by molar-refractivity contribution is -0.0355. The summed E-state index contributed by atoms with van der Waals surface area (Å²) >= 11 is 0. The third kappa shape index (κ3) is 5.78. The largest absolute Gasteiger partial charge is 0.500 e. The van der Waals surface area contributed by atoms with E-state index in [-0.39, 0.29) is 17.1 Å². The number of hydrogen-bond acceptors (Lipinski definition) is 5. The lowest BCUT2D eigenvalue weighted by Gasteiger charge is -2.55. The molecule has 0 atom stereocenters. The van der Waals surface area contributed by atoms with Gasteiger partial charge in [-0.1, -0.05) is 0 Å². The second-order valence-corrected chi connectivity index (χ2v) is 10.8. The van der Waals surface area contributed by atoms with Crippen LogP contribution in [0.1, 0.15) is 67.7 Å². The number of nitrogens with zero attached hydrogens (tertiary/aromatic N) is 1. The molecule has 1 aliphatic heterocycles. The fourth-order valence-electron chi connectivity index (χ4n) is 4.46. The molecule has 24 heavy (non-hydrogen) atoms. The Bertz CT molecular complexity index is 342. The maximum absolute atomic E-state index is 6.28. The first-order valence-corrected chi connectivity index (χ1v) is 11.5. The number of likely N-dealkylation sites (tertiary alicyclic amines) is 1. The Morgan fingerprint density at radius 2 is 1.33 bits per heavy atom. The third-order valence-electron chi connectivity index (χ3n) is 4.94. The molecule has 1 fully saturated rings. The molecule has 0 saturated carbocycles. The number of rotatable bonds is 10. The molecular formula is C18H40N2O3Si. The normalized spacial score (nSPS) is 22.0. The van der Waals surface area contributed by atoms with Gasteiger partial charge in [-0.2, -0.15) is 0 Å². The van der Waals surface area contributed by atoms with Gasteiger partial charge in [-0.25, -0.2) is 0 Å². The van der Waals surface area contributed by atoms with E-state index >= 15 is 0 Å². The van der Waals surface area contributed by atoms with E-state index in [0.29, 0.717) is 19.8 Å². The van der Waals surface area contributed by atoms with Gasteiger partial charge < -0.3 is 19.0 Å². The van der Waals surface area contributed by atoms with Gasteiger partial charge in [0.05, 0.1) is 0 Å². The van der Waals surface area contributed by atoms with E-state index < -0.39 is 8.80 Å². The summed E-state index contributed by atoms with van der Waals surface area (Å²) in [4.78, 5) is 2.62. The standard InChI is InChI=1S/C18H40N2O3Si/c1-8-21-24(22-9-2,23-10-3)13-11-12-20-17(4,5)14-16(19)15-18(20,6)7/h16H,8-15,19H2,1-7H3. The number of nitrogens with two attached hydrogens (primary N) is 1. The summed E-state index contributed by atoms with van der Waals surface area (Å²) in [5, 5.41) is 0. The molecule has 0 aromatic heterocycles. The molecule has 1 saturated heterocycles. The average Bonchev–Trinajstić information content (AvgIpc) is 2.41. The van der Waals surface area contributed by atoms with E-state index in [0.717, 1.165) is 31.9 Å². The van der Waals surface area contributed by atoms with Crippen molar-refractivity contribution in [2.45, 2.75) is 90.9 Å². The van der Waals surface area contributed by atoms with E-state index in [1.165, 1.54) is 0 Å². The van der Waals surface area contributed by atoms with Gasteiger partial charge in [0, 0.05) is 43.0 Å². The molecule has 1 aliphatic rings. The van der Waals surface area contributed by atoms with E-state index in [4.69, 9.17) is 19.0 Å². The van der Waals surface area contributed by atoms with Crippen molar-refractivity contribution in [2.24, 2.45) is 5.73 Å². The molecule has 2 N–H and O–H groups in total. The Morgan fingerprint density at radius 1 is 0.917 bits per heavy atom. The first kappa shape index (κ1) is 22.1. The Hall–Kier alpha value is 0.0169. The highest BCUT2D eigenvalue weighted by Gasteiger charge is 2.45. The highest BCUT2D eigenvalue weighted by atomic mass is 28.4. The summed E-state index contributed by atoms with van der Waals surface area (Å²) in [7, 11) is -2.54. The number of piperidine rings is 1. The second kappa shape index (κ2) is 9.10. The van der Waals surface area contributed by atoms with Gasteiger partial charge in [0.25, 0.3) is 0 Å². The Balaban J connectivity index is 2.74. The van der Waals surface area contributed by atoms with Gasteiger partial charge in [-0.05, 0) is 74.3 Å². The molecule has 0 amide bonds. The Labute approximate surface area is 150 Å². The smallest absolute Gasteiger partial charge is 0.374 e. The summed E-state index contributed by atoms with van der Waals surface area (Å²) in [5.41, 5.74) is 6.52. The predicted octanol–water partition coefficient (Wildman–Crippen LogP) is 3.41. The molecule has 0 unspecified atom stereocenters. The molecule has 5 nitrogen and oxygen atoms in total. The molecule has 0 aliphatic carbocycles. The van der Waals surface area contributed by atoms with Crippen molar-refractivity contribution in [1.82, 2.24) is 4.90 Å². The minimum atomic E-state index is -2.54. The minimum absolute atomic E-state index is 0.119. The van der Waals surface area contributed by atoms with E-state index in [1.807, 2.05) is 20.8 Å². The van der Waals surface area contributed by atoms with Crippen LogP contribution in [0, 0.1) is 0 Å². The summed E-state index contributed by atoms with van der Waals surface area (Å²) in [6.45, 7) is 18.2. The first-order valence-electron chi connectivity index (χ1n) is 9.57. The van der Waals surface area contributed by atoms with Crippen molar-refractivity contribution < 1.29 is 13.3 Å². The molecule has 0 bridgehead atoms. The van der Waals surface area contributed by atoms with Crippen LogP contribution in [0.25, 0.3) is 0 Å². The molecule has 0 aromatic rings. The maximum Gasteiger partial charge on any atom is 0.500 e. The quantitative estimate of drug-likeness (QED) is 0.605. The minimum Gasteiger partial charge on any atom is -0.374 e. The predicted molar refractivity (Wildman–Crippen MR) is 102 cm³/mol. The Morgan fingerprint density at radius 3 is 1.71 bits per heavy atom. The molecule has 1 rings (SSSR count). The van der Waals surface area contributed by atoms with Gasteiger partial charge >= 0.3 is 8.80 Å². The van der Waals surface area contributed by atoms with Gasteiger partial charge in [-0.3, -0.25) is 4.90 Å². The van der Waals surface area contributed by atoms with Crippen LogP contribution >= 0.6 is 0 Å². The molecule has 6 heteroatoms. The zero-order valence-corrected chi connectivity index (χ0v) is 18.0. The molecule has 0 spiro atoms. The van der Waals surface area contributed by atoms with Gasteiger partial charge in [0.1, 0.15) is 0 Å². The van der Waals surface area contributed by atoms with Crippen molar-refractivity contribution >= 4 is 8.80 Å². The fraction of sp³-hybridized carbons (Fsp3) is 1.00. The highest BCUT2D eigenvalue weighted by molar-refractivity contribution is 6.60. The van der Waals surface area contributed by atoms with Crippen LogP contribution in [0.4, 0.5) is 0 Å². The van der Waals surface area contributed by atoms with Crippen molar-refractivity contribution in [3.63, 3.8) is 0 Å². The first-order chi connectivity index (χ1) is 11.1. The molecule has 144 valence electrons. The van der Waals surface area contributed by atoms with Crippen molar-refractivity contribution in [3.8, 4) is 0 Å². The second-order valence-electron chi connectivity index (χ2n) is 8.03. The van der Waals surface area contributed by atoms with Crippen LogP contribution in [-0.2, 0) is 13.3 Å². The summed E-state index contributed by atoms with van der Waals surface area (Å²) in [6.07, 6.45) is 3.11. The van der Waals surface area contributed by atoms with E-state index in [2.05, 4.69) is 32.6 Å². The SMILES string of the molecule is CCO[Si](CCCN1C(C)(C)CC(N)CC1(C)C)(OCC)OCC. The zero-order chi connectivity index (χ0) is 18.4. The van der Waals surface area contributed by atoms with Crippen LogP contribution in [0.5, 0.6) is 0 Å². The average molecular weight is 361 g/mol. The summed E-state index contributed by atoms with van der Waals surface area (Å²) < 4.78 is 17.9. The van der Waals surface area contributed by atoms with Gasteiger partial charge in [-0.15, -0.1) is 0 Å². The van der Waals surface area contributed by atoms with Crippen LogP contribution in [-0.4, -0.2) is 57.2 Å². The van der Waals surface area contributed by atoms with Crippen molar-refractivity contribution in [2.75, 3.05) is 26.4 Å². The lowest BCUT2D eigenvalue weighted by Crippen LogP contribution is -2.63. The Kier molecular flexibility index (Phi) is 8.36. The monoisotopic (exact) mass is 360 g/mol. The van der Waals surface area contributed by atoms with E-state index in [9.17, 15) is 0 Å². The van der Waals surface area contributed by atoms with Gasteiger partial charge in [0.15, 0.2) is 0 Å². The fourth-order valence-corrected chi connectivity index (χ4v) is 7.05. The molecule has 0 aromatic carbocycles. The lowest BCUT2D eigenvalue weighted by atomic mass is 9.77. The van der Waals surface area contributed by atoms with Crippen LogP contribution in [0.3, 0.4) is 0 Å². The van der Waals surface area contributed by atoms with E-state index in [1.54, 1.807) is 0 Å². The third-order valence-corrected chi connectivity index (χ3v) is 8.09. The van der Waals surface area contributed by atoms with Gasteiger partial charge in [0.2, 0.25) is 0 Å². The zero-order valence-electron chi connectivity index (χ0n) is 17.0. The van der Waals surface area contributed by atoms with Crippen LogP contribution < -0.4 is 5.73 Å². The highest BCUT2D eigenvalue weighted by Crippen LogP contribution is 2.38. The summed E-state index contributed by atoms with van der Waals surface area (Å²) in [5.74, 6) is 0. The van der Waals surface area contributed by atoms with Crippen LogP contribution in [0.15, 0.2) is 0 Å². The van der Waals surface area contributed by atoms with Crippen molar-refractivity contribution in [3.05, 3.63) is 0 Å². The summed E-state index contributed by atoms with van der Waals surface area (Å²) in [6, 6.07) is 1.16. The number of hydrogen-bond donors (Lipinski definition) is 1. The topological polar surface area (TPSA) is 57.0 Å². The van der Waals surface area contributed by atoms with Crippen LogP contribution in [0.2, 0.25) is 6.04 Å². The maximum atomic E-state index is 6.28.